The second-order valence-corrected chi connectivity index (χ2v) is 5.21. The molecule has 0 aliphatic heterocycles. The van der Waals surface area contributed by atoms with Gasteiger partial charge in [0.05, 0.1) is 21.0 Å². The molecule has 8 heteroatoms. The maximum Gasteiger partial charge on any atom is 0.416 e. The third kappa shape index (κ3) is 3.97. The Hall–Kier alpha value is -2.09. The first-order chi connectivity index (χ1) is 10.3. The molecular formula is C14H9BrF3NO3. The fraction of sp³-hybridized carbons (Fsp3) is 0.143. The van der Waals surface area contributed by atoms with Crippen molar-refractivity contribution in [2.45, 2.75) is 12.8 Å². The number of hydrogen-bond acceptors (Lipinski definition) is 3. The molecule has 0 saturated heterocycles. The summed E-state index contributed by atoms with van der Waals surface area (Å²) in [5, 5.41) is 10.7. The molecule has 2 aromatic carbocycles. The zero-order valence-corrected chi connectivity index (χ0v) is 12.5. The maximum atomic E-state index is 12.6. The van der Waals surface area contributed by atoms with E-state index in [9.17, 15) is 23.3 Å². The fourth-order valence-corrected chi connectivity index (χ4v) is 2.08. The number of alkyl halides is 3. The summed E-state index contributed by atoms with van der Waals surface area (Å²) < 4.78 is 43.7. The van der Waals surface area contributed by atoms with Gasteiger partial charge in [-0.05, 0) is 39.7 Å². The van der Waals surface area contributed by atoms with E-state index < -0.39 is 16.7 Å². The van der Waals surface area contributed by atoms with Crippen molar-refractivity contribution in [1.29, 1.82) is 0 Å². The summed E-state index contributed by atoms with van der Waals surface area (Å²) in [5.41, 5.74) is -0.623. The molecule has 0 amide bonds. The number of nitro benzene ring substituents is 1. The van der Waals surface area contributed by atoms with Crippen molar-refractivity contribution in [3.8, 4) is 5.75 Å². The largest absolute Gasteiger partial charge is 0.487 e. The Bertz CT molecular complexity index is 704. The maximum absolute atomic E-state index is 12.6. The third-order valence-corrected chi connectivity index (χ3v) is 3.43. The molecule has 0 saturated carbocycles. The summed E-state index contributed by atoms with van der Waals surface area (Å²) in [6, 6.07) is 8.65. The summed E-state index contributed by atoms with van der Waals surface area (Å²) >= 11 is 3.17. The van der Waals surface area contributed by atoms with Gasteiger partial charge in [-0.2, -0.15) is 13.2 Å². The SMILES string of the molecule is O=[N+]([O-])c1ccc(Br)c(OCc2cccc(C(F)(F)F)c2)c1. The van der Waals surface area contributed by atoms with E-state index in [1.807, 2.05) is 0 Å². The van der Waals surface area contributed by atoms with Crippen LogP contribution in [-0.4, -0.2) is 4.92 Å². The molecule has 0 radical (unpaired) electrons. The van der Waals surface area contributed by atoms with Gasteiger partial charge in [-0.15, -0.1) is 0 Å². The Morgan fingerprint density at radius 2 is 1.91 bits per heavy atom. The van der Waals surface area contributed by atoms with Crippen molar-refractivity contribution >= 4 is 21.6 Å². The number of nitrogens with zero attached hydrogens (tertiary/aromatic N) is 1. The molecule has 0 aromatic heterocycles. The van der Waals surface area contributed by atoms with Crippen LogP contribution in [0.3, 0.4) is 0 Å². The van der Waals surface area contributed by atoms with E-state index in [1.54, 1.807) is 0 Å². The molecule has 0 bridgehead atoms. The van der Waals surface area contributed by atoms with Crippen LogP contribution in [0.4, 0.5) is 18.9 Å². The Balaban J connectivity index is 2.17. The zero-order chi connectivity index (χ0) is 16.3. The summed E-state index contributed by atoms with van der Waals surface area (Å²) in [6.45, 7) is -0.135. The minimum absolute atomic E-state index is 0.135. The number of ether oxygens (including phenoxy) is 1. The lowest BCUT2D eigenvalue weighted by Gasteiger charge is -2.11. The molecule has 0 fully saturated rings. The summed E-state index contributed by atoms with van der Waals surface area (Å²) in [4.78, 5) is 10.1. The minimum atomic E-state index is -4.43. The quantitative estimate of drug-likeness (QED) is 0.560. The predicted octanol–water partition coefficient (Wildman–Crippen LogP) is 4.96. The van der Waals surface area contributed by atoms with Crippen LogP contribution in [0.25, 0.3) is 0 Å². The van der Waals surface area contributed by atoms with Gasteiger partial charge in [-0.25, -0.2) is 0 Å². The molecular weight excluding hydrogens is 367 g/mol. The lowest BCUT2D eigenvalue weighted by Crippen LogP contribution is -2.06. The van der Waals surface area contributed by atoms with Crippen LogP contribution >= 0.6 is 15.9 Å². The molecule has 0 aliphatic rings. The second kappa shape index (κ2) is 6.35. The van der Waals surface area contributed by atoms with Gasteiger partial charge < -0.3 is 4.74 Å². The van der Waals surface area contributed by atoms with Crippen LogP contribution < -0.4 is 4.74 Å². The summed E-state index contributed by atoms with van der Waals surface area (Å²) in [5.74, 6) is 0.187. The topological polar surface area (TPSA) is 52.4 Å². The molecule has 4 nitrogen and oxygen atoms in total. The third-order valence-electron chi connectivity index (χ3n) is 2.77. The van der Waals surface area contributed by atoms with Crippen LogP contribution in [0.15, 0.2) is 46.9 Å². The molecule has 116 valence electrons. The molecule has 0 aliphatic carbocycles. The molecule has 2 rings (SSSR count). The predicted molar refractivity (Wildman–Crippen MR) is 76.6 cm³/mol. The molecule has 2 aromatic rings. The van der Waals surface area contributed by atoms with E-state index in [0.29, 0.717) is 10.0 Å². The van der Waals surface area contributed by atoms with Crippen LogP contribution in [0.1, 0.15) is 11.1 Å². The number of non-ortho nitro benzene ring substituents is 1. The lowest BCUT2D eigenvalue weighted by atomic mass is 10.1. The first-order valence-corrected chi connectivity index (χ1v) is 6.79. The van der Waals surface area contributed by atoms with Gasteiger partial charge in [-0.3, -0.25) is 10.1 Å². The monoisotopic (exact) mass is 375 g/mol. The first-order valence-electron chi connectivity index (χ1n) is 6.00. The Labute approximate surface area is 131 Å². The highest BCUT2D eigenvalue weighted by molar-refractivity contribution is 9.10. The van der Waals surface area contributed by atoms with Gasteiger partial charge in [0.25, 0.3) is 5.69 Å². The van der Waals surface area contributed by atoms with Crippen molar-refractivity contribution in [2.75, 3.05) is 0 Å². The summed E-state index contributed by atoms with van der Waals surface area (Å²) in [7, 11) is 0. The van der Waals surface area contributed by atoms with Gasteiger partial charge in [-0.1, -0.05) is 12.1 Å². The number of rotatable bonds is 4. The van der Waals surface area contributed by atoms with E-state index in [4.69, 9.17) is 4.74 Å². The van der Waals surface area contributed by atoms with Crippen molar-refractivity contribution in [1.82, 2.24) is 0 Å². The molecule has 0 N–H and O–H groups in total. The normalized spacial score (nSPS) is 11.3. The van der Waals surface area contributed by atoms with Crippen molar-refractivity contribution < 1.29 is 22.8 Å². The van der Waals surface area contributed by atoms with E-state index in [0.717, 1.165) is 12.1 Å². The van der Waals surface area contributed by atoms with Gasteiger partial charge in [0.1, 0.15) is 12.4 Å². The Kier molecular flexibility index (Phi) is 4.70. The van der Waals surface area contributed by atoms with Gasteiger partial charge in [0, 0.05) is 6.07 Å². The highest BCUT2D eigenvalue weighted by atomic mass is 79.9. The van der Waals surface area contributed by atoms with Crippen molar-refractivity contribution in [3.63, 3.8) is 0 Å². The number of nitro groups is 1. The van der Waals surface area contributed by atoms with Gasteiger partial charge >= 0.3 is 6.18 Å². The summed E-state index contributed by atoms with van der Waals surface area (Å²) in [6.07, 6.45) is -4.43. The molecule has 0 spiro atoms. The molecule has 0 unspecified atom stereocenters. The van der Waals surface area contributed by atoms with Gasteiger partial charge in [0.15, 0.2) is 0 Å². The number of hydrogen-bond donors (Lipinski definition) is 0. The first kappa shape index (κ1) is 16.3. The highest BCUT2D eigenvalue weighted by Crippen LogP contribution is 2.31. The minimum Gasteiger partial charge on any atom is -0.487 e. The van der Waals surface area contributed by atoms with E-state index in [1.165, 1.54) is 30.3 Å². The molecule has 0 heterocycles. The molecule has 22 heavy (non-hydrogen) atoms. The van der Waals surface area contributed by atoms with E-state index in [-0.39, 0.29) is 18.0 Å². The van der Waals surface area contributed by atoms with E-state index >= 15 is 0 Å². The number of halogens is 4. The van der Waals surface area contributed by atoms with Crippen LogP contribution in [0.2, 0.25) is 0 Å². The van der Waals surface area contributed by atoms with Crippen LogP contribution in [0.5, 0.6) is 5.75 Å². The zero-order valence-electron chi connectivity index (χ0n) is 10.9. The average molecular weight is 376 g/mol. The fourth-order valence-electron chi connectivity index (χ4n) is 1.71. The van der Waals surface area contributed by atoms with Crippen LogP contribution in [-0.2, 0) is 12.8 Å². The van der Waals surface area contributed by atoms with Crippen molar-refractivity contribution in [2.24, 2.45) is 0 Å². The second-order valence-electron chi connectivity index (χ2n) is 4.36. The van der Waals surface area contributed by atoms with Crippen LogP contribution in [0, 0.1) is 10.1 Å². The highest BCUT2D eigenvalue weighted by Gasteiger charge is 2.30. The lowest BCUT2D eigenvalue weighted by molar-refractivity contribution is -0.385. The number of benzene rings is 2. The molecule has 0 atom stereocenters. The van der Waals surface area contributed by atoms with Crippen molar-refractivity contribution in [3.05, 3.63) is 68.2 Å². The standard InChI is InChI=1S/C14H9BrF3NO3/c15-12-5-4-11(19(20)21)7-13(12)22-8-9-2-1-3-10(6-9)14(16,17)18/h1-7H,8H2. The smallest absolute Gasteiger partial charge is 0.416 e. The van der Waals surface area contributed by atoms with E-state index in [2.05, 4.69) is 15.9 Å². The Morgan fingerprint density at radius 3 is 2.55 bits per heavy atom. The average Bonchev–Trinajstić information content (AvgIpc) is 2.45. The Morgan fingerprint density at radius 1 is 1.18 bits per heavy atom. The van der Waals surface area contributed by atoms with Gasteiger partial charge in [0.2, 0.25) is 0 Å².